The molecule has 0 atom stereocenters. The first kappa shape index (κ1) is 29.9. The van der Waals surface area contributed by atoms with Crippen molar-refractivity contribution < 1.29 is 9.18 Å². The van der Waals surface area contributed by atoms with Crippen LogP contribution in [0.1, 0.15) is 27.2 Å². The molecule has 5 aromatic heterocycles. The van der Waals surface area contributed by atoms with Gasteiger partial charge < -0.3 is 20.5 Å². The predicted molar refractivity (Wildman–Crippen MR) is 177 cm³/mol. The molecule has 0 aliphatic rings. The third kappa shape index (κ3) is 6.83. The summed E-state index contributed by atoms with van der Waals surface area (Å²) in [4.78, 5) is 31.7. The first-order valence-corrected chi connectivity index (χ1v) is 14.8. The number of amides is 1. The monoisotopic (exact) mass is 605 g/mol. The van der Waals surface area contributed by atoms with Crippen LogP contribution in [-0.4, -0.2) is 68.1 Å². The molecule has 0 radical (unpaired) electrons. The molecule has 45 heavy (non-hydrogen) atoms. The van der Waals surface area contributed by atoms with Gasteiger partial charge in [-0.15, -0.1) is 0 Å². The van der Waals surface area contributed by atoms with Gasteiger partial charge in [0.05, 0.1) is 40.5 Å². The minimum absolute atomic E-state index is 0.0651. The van der Waals surface area contributed by atoms with Crippen molar-refractivity contribution >= 4 is 39.2 Å². The zero-order valence-corrected chi connectivity index (χ0v) is 26.0. The maximum absolute atomic E-state index is 14.7. The second-order valence-corrected chi connectivity index (χ2v) is 12.7. The summed E-state index contributed by atoms with van der Waals surface area (Å²) in [5, 5.41) is 14.8. The van der Waals surface area contributed by atoms with Crippen LogP contribution < -0.4 is 10.6 Å². The summed E-state index contributed by atoms with van der Waals surface area (Å²) in [6.45, 7) is 7.59. The van der Waals surface area contributed by atoms with Crippen LogP contribution in [0.15, 0.2) is 67.3 Å². The first-order chi connectivity index (χ1) is 21.5. The number of pyridine rings is 3. The van der Waals surface area contributed by atoms with Crippen molar-refractivity contribution in [3.63, 3.8) is 0 Å². The normalized spacial score (nSPS) is 11.9. The van der Waals surface area contributed by atoms with Crippen molar-refractivity contribution in [2.24, 2.45) is 5.41 Å². The number of benzene rings is 1. The molecule has 6 rings (SSSR count). The Morgan fingerprint density at radius 1 is 0.933 bits per heavy atom. The van der Waals surface area contributed by atoms with Crippen LogP contribution in [0.4, 0.5) is 15.8 Å². The number of carbonyl (C=O) groups is 1. The number of carbonyl (C=O) groups excluding carboxylic acids is 1. The lowest BCUT2D eigenvalue weighted by molar-refractivity contribution is -0.117. The Labute approximate surface area is 260 Å². The zero-order valence-electron chi connectivity index (χ0n) is 26.0. The molecule has 0 bridgehead atoms. The van der Waals surface area contributed by atoms with Gasteiger partial charge >= 0.3 is 0 Å². The van der Waals surface area contributed by atoms with Crippen LogP contribution in [-0.2, 0) is 4.79 Å². The molecule has 230 valence electrons. The summed E-state index contributed by atoms with van der Waals surface area (Å²) in [6, 6.07) is 12.6. The minimum atomic E-state index is -0.324. The number of likely N-dealkylation sites (N-methyl/N-ethyl adjacent to an activating group) is 1. The Bertz CT molecular complexity index is 2000. The average molecular weight is 606 g/mol. The third-order valence-electron chi connectivity index (χ3n) is 7.31. The van der Waals surface area contributed by atoms with Crippen LogP contribution in [0.25, 0.3) is 55.7 Å². The van der Waals surface area contributed by atoms with E-state index in [1.807, 2.05) is 65.2 Å². The van der Waals surface area contributed by atoms with E-state index in [0.717, 1.165) is 45.3 Å². The van der Waals surface area contributed by atoms with Gasteiger partial charge in [-0.25, -0.2) is 9.37 Å². The van der Waals surface area contributed by atoms with E-state index in [1.54, 1.807) is 24.8 Å². The van der Waals surface area contributed by atoms with E-state index in [0.29, 0.717) is 41.2 Å². The van der Waals surface area contributed by atoms with Crippen LogP contribution >= 0.6 is 0 Å². The van der Waals surface area contributed by atoms with Crippen molar-refractivity contribution in [2.45, 2.75) is 27.2 Å². The van der Waals surface area contributed by atoms with Crippen molar-refractivity contribution in [1.29, 1.82) is 0 Å². The fourth-order valence-electron chi connectivity index (χ4n) is 5.26. The molecule has 0 spiro atoms. The van der Waals surface area contributed by atoms with Crippen molar-refractivity contribution in [1.82, 2.24) is 35.0 Å². The molecule has 0 aliphatic heterocycles. The molecule has 4 N–H and O–H groups in total. The number of hydrogen-bond acceptors (Lipinski definition) is 7. The van der Waals surface area contributed by atoms with Gasteiger partial charge in [-0.05, 0) is 67.5 Å². The Morgan fingerprint density at radius 2 is 1.73 bits per heavy atom. The van der Waals surface area contributed by atoms with Gasteiger partial charge in [0.1, 0.15) is 17.0 Å². The molecule has 5 heterocycles. The van der Waals surface area contributed by atoms with Gasteiger partial charge in [-0.3, -0.25) is 19.9 Å². The van der Waals surface area contributed by atoms with Gasteiger partial charge in [0.15, 0.2) is 0 Å². The molecule has 11 heteroatoms. The van der Waals surface area contributed by atoms with Gasteiger partial charge in [0, 0.05) is 54.1 Å². The molecular formula is C34H36FN9O. The number of aromatic amines is 2. The smallest absolute Gasteiger partial charge is 0.224 e. The van der Waals surface area contributed by atoms with Crippen molar-refractivity contribution in [3.05, 3.63) is 73.1 Å². The van der Waals surface area contributed by atoms with Crippen LogP contribution in [0.2, 0.25) is 0 Å². The molecule has 1 amide bonds. The molecule has 0 saturated heterocycles. The predicted octanol–water partition coefficient (Wildman–Crippen LogP) is 6.72. The summed E-state index contributed by atoms with van der Waals surface area (Å²) in [7, 11) is 4.00. The van der Waals surface area contributed by atoms with E-state index in [9.17, 15) is 9.18 Å². The Morgan fingerprint density at radius 3 is 2.53 bits per heavy atom. The second kappa shape index (κ2) is 12.1. The van der Waals surface area contributed by atoms with Gasteiger partial charge in [-0.1, -0.05) is 20.8 Å². The molecule has 1 aromatic carbocycles. The number of nitrogens with zero attached hydrogens (tertiary/aromatic N) is 5. The number of anilines is 2. The maximum atomic E-state index is 14.7. The van der Waals surface area contributed by atoms with Gasteiger partial charge in [-0.2, -0.15) is 5.10 Å². The Kier molecular flexibility index (Phi) is 8.03. The maximum Gasteiger partial charge on any atom is 0.224 e. The first-order valence-electron chi connectivity index (χ1n) is 14.8. The molecule has 10 nitrogen and oxygen atoms in total. The number of hydrogen-bond donors (Lipinski definition) is 4. The lowest BCUT2D eigenvalue weighted by atomic mass is 9.92. The van der Waals surface area contributed by atoms with E-state index >= 15 is 0 Å². The lowest BCUT2D eigenvalue weighted by Crippen LogP contribution is -2.20. The van der Waals surface area contributed by atoms with E-state index in [1.165, 1.54) is 12.1 Å². The topological polar surface area (TPSA) is 128 Å². The number of nitrogens with one attached hydrogen (secondary N) is 4. The Hall–Kier alpha value is -5.16. The molecule has 0 saturated carbocycles. The highest BCUT2D eigenvalue weighted by atomic mass is 19.1. The standard InChI is InChI=1S/C34H36FN9O/c1-34(2,3)15-31(45)39-24-12-21(16-36-17-24)27-6-7-28-32(41-27)33(43-42-28)29-14-25-26(18-37-19-30(25)40-29)20-10-22(35)13-23(11-20)38-8-9-44(4)5/h6-7,10-14,16-19,38,40H,8-9,15H2,1-5H3,(H,39,45)(H,42,43). The third-order valence-corrected chi connectivity index (χ3v) is 7.31. The SMILES string of the molecule is CN(C)CCNc1cc(F)cc(-c2cncc3[nH]c(-c4n[nH]c5ccc(-c6cncc(NC(=O)CC(C)(C)C)c6)nc45)cc23)c1. The molecule has 0 unspecified atom stereocenters. The average Bonchev–Trinajstić information content (AvgIpc) is 3.59. The van der Waals surface area contributed by atoms with E-state index in [2.05, 4.69) is 40.7 Å². The Balaban J connectivity index is 1.33. The van der Waals surface area contributed by atoms with Crippen LogP contribution in [0.5, 0.6) is 0 Å². The highest BCUT2D eigenvalue weighted by Crippen LogP contribution is 2.35. The number of rotatable bonds is 9. The lowest BCUT2D eigenvalue weighted by Gasteiger charge is -2.17. The van der Waals surface area contributed by atoms with E-state index in [-0.39, 0.29) is 17.1 Å². The highest BCUT2D eigenvalue weighted by Gasteiger charge is 2.18. The number of halogens is 1. The quantitative estimate of drug-likeness (QED) is 0.144. The summed E-state index contributed by atoms with van der Waals surface area (Å²) < 4.78 is 14.7. The van der Waals surface area contributed by atoms with Gasteiger partial charge in [0.25, 0.3) is 0 Å². The number of aromatic nitrogens is 6. The summed E-state index contributed by atoms with van der Waals surface area (Å²) >= 11 is 0. The van der Waals surface area contributed by atoms with Crippen molar-refractivity contribution in [2.75, 3.05) is 37.8 Å². The fraction of sp³-hybridized carbons (Fsp3) is 0.265. The zero-order chi connectivity index (χ0) is 31.7. The van der Waals surface area contributed by atoms with Gasteiger partial charge in [0.2, 0.25) is 5.91 Å². The summed E-state index contributed by atoms with van der Waals surface area (Å²) in [5.41, 5.74) is 7.81. The molecule has 0 aliphatic carbocycles. The second-order valence-electron chi connectivity index (χ2n) is 12.7. The van der Waals surface area contributed by atoms with E-state index < -0.39 is 0 Å². The number of fused-ring (bicyclic) bond motifs is 2. The summed E-state index contributed by atoms with van der Waals surface area (Å²) in [6.07, 6.45) is 7.24. The largest absolute Gasteiger partial charge is 0.384 e. The van der Waals surface area contributed by atoms with Crippen molar-refractivity contribution in [3.8, 4) is 33.8 Å². The van der Waals surface area contributed by atoms with Crippen LogP contribution in [0.3, 0.4) is 0 Å². The van der Waals surface area contributed by atoms with E-state index in [4.69, 9.17) is 4.98 Å². The molecular weight excluding hydrogens is 569 g/mol. The summed E-state index contributed by atoms with van der Waals surface area (Å²) in [5.74, 6) is -0.389. The highest BCUT2D eigenvalue weighted by molar-refractivity contribution is 6.00. The molecule has 0 fully saturated rings. The fourth-order valence-corrected chi connectivity index (χ4v) is 5.26. The number of H-pyrrole nitrogens is 2. The molecule has 6 aromatic rings. The van der Waals surface area contributed by atoms with Crippen LogP contribution in [0, 0.1) is 11.2 Å². The minimum Gasteiger partial charge on any atom is -0.384 e.